The maximum atomic E-state index is 12.6. The normalized spacial score (nSPS) is 11.0. The Morgan fingerprint density at radius 1 is 1.46 bits per heavy atom. The topological polar surface area (TPSA) is 33.1 Å². The van der Waals surface area contributed by atoms with Gasteiger partial charge in [-0.1, -0.05) is 12.2 Å². The molecule has 0 aliphatic rings. The Labute approximate surface area is 74.5 Å². The fourth-order valence-electron chi connectivity index (χ4n) is 0.821. The van der Waals surface area contributed by atoms with Crippen LogP contribution in [0, 0.1) is 11.8 Å². The molecule has 0 aromatic carbocycles. The fraction of sp³-hybridized carbons (Fsp3) is 0.222. The van der Waals surface area contributed by atoms with Gasteiger partial charge in [-0.2, -0.15) is 4.39 Å². The Bertz CT molecular complexity index is 312. The van der Waals surface area contributed by atoms with Crippen molar-refractivity contribution in [1.82, 2.24) is 4.98 Å². The summed E-state index contributed by atoms with van der Waals surface area (Å²) in [7, 11) is 0. The van der Waals surface area contributed by atoms with Gasteiger partial charge in [0.05, 0.1) is 0 Å². The zero-order valence-corrected chi connectivity index (χ0v) is 6.87. The van der Waals surface area contributed by atoms with Gasteiger partial charge in [-0.3, -0.25) is 0 Å². The minimum absolute atomic E-state index is 0.0353. The van der Waals surface area contributed by atoms with E-state index < -0.39 is 11.8 Å². The van der Waals surface area contributed by atoms with Crippen molar-refractivity contribution < 1.29 is 13.9 Å². The largest absolute Gasteiger partial charge is 0.396 e. The van der Waals surface area contributed by atoms with Crippen LogP contribution in [-0.4, -0.2) is 16.7 Å². The SMILES string of the molecule is OCCC=Cc1cnc(F)c(F)c1. The van der Waals surface area contributed by atoms with E-state index in [0.717, 1.165) is 6.07 Å². The third-order valence-corrected chi connectivity index (χ3v) is 1.42. The van der Waals surface area contributed by atoms with Crippen LogP contribution in [0.15, 0.2) is 18.3 Å². The van der Waals surface area contributed by atoms with Gasteiger partial charge in [0.25, 0.3) is 0 Å². The minimum atomic E-state index is -1.10. The molecule has 0 spiro atoms. The second-order valence-corrected chi connectivity index (χ2v) is 2.46. The molecule has 1 heterocycles. The van der Waals surface area contributed by atoms with Gasteiger partial charge in [0, 0.05) is 12.8 Å². The maximum absolute atomic E-state index is 12.6. The molecule has 0 unspecified atom stereocenters. The van der Waals surface area contributed by atoms with Crippen molar-refractivity contribution >= 4 is 6.08 Å². The standard InChI is InChI=1S/C9H9F2NO/c10-8-5-7(3-1-2-4-13)6-12-9(8)11/h1,3,5-6,13H,2,4H2. The predicted octanol–water partition coefficient (Wildman–Crippen LogP) is 1.76. The Kier molecular flexibility index (Phi) is 3.52. The van der Waals surface area contributed by atoms with E-state index in [-0.39, 0.29) is 6.61 Å². The molecule has 2 nitrogen and oxygen atoms in total. The van der Waals surface area contributed by atoms with E-state index >= 15 is 0 Å². The van der Waals surface area contributed by atoms with E-state index in [2.05, 4.69) is 4.98 Å². The van der Waals surface area contributed by atoms with Crippen LogP contribution in [0.2, 0.25) is 0 Å². The summed E-state index contributed by atoms with van der Waals surface area (Å²) in [5.41, 5.74) is 0.479. The van der Waals surface area contributed by atoms with Crippen LogP contribution in [0.25, 0.3) is 6.08 Å². The number of aliphatic hydroxyl groups excluding tert-OH is 1. The lowest BCUT2D eigenvalue weighted by Gasteiger charge is -1.93. The molecule has 0 aliphatic heterocycles. The van der Waals surface area contributed by atoms with Gasteiger partial charge in [-0.25, -0.2) is 9.37 Å². The van der Waals surface area contributed by atoms with Crippen molar-refractivity contribution in [2.24, 2.45) is 0 Å². The molecule has 1 rings (SSSR count). The third-order valence-electron chi connectivity index (χ3n) is 1.42. The molecule has 1 N–H and O–H groups in total. The third kappa shape index (κ3) is 2.91. The summed E-state index contributed by atoms with van der Waals surface area (Å²) in [4.78, 5) is 3.20. The average molecular weight is 185 g/mol. The van der Waals surface area contributed by atoms with Gasteiger partial charge in [0.2, 0.25) is 5.95 Å². The summed E-state index contributed by atoms with van der Waals surface area (Å²) in [6.45, 7) is 0.0353. The van der Waals surface area contributed by atoms with E-state index in [1.54, 1.807) is 12.2 Å². The maximum Gasteiger partial charge on any atom is 0.248 e. The molecule has 0 radical (unpaired) electrons. The molecule has 13 heavy (non-hydrogen) atoms. The van der Waals surface area contributed by atoms with Gasteiger partial charge in [-0.05, 0) is 18.1 Å². The second-order valence-electron chi connectivity index (χ2n) is 2.46. The zero-order chi connectivity index (χ0) is 9.68. The van der Waals surface area contributed by atoms with Gasteiger partial charge >= 0.3 is 0 Å². The van der Waals surface area contributed by atoms with Crippen molar-refractivity contribution in [3.05, 3.63) is 35.7 Å². The summed E-state index contributed by atoms with van der Waals surface area (Å²) >= 11 is 0. The Balaban J connectivity index is 2.73. The van der Waals surface area contributed by atoms with Gasteiger partial charge in [0.1, 0.15) is 0 Å². The first kappa shape index (κ1) is 9.80. The van der Waals surface area contributed by atoms with E-state index in [4.69, 9.17) is 5.11 Å². The molecular weight excluding hydrogens is 176 g/mol. The highest BCUT2D eigenvalue weighted by atomic mass is 19.2. The zero-order valence-electron chi connectivity index (χ0n) is 6.87. The molecule has 0 saturated heterocycles. The Morgan fingerprint density at radius 2 is 2.23 bits per heavy atom. The number of nitrogens with zero attached hydrogens (tertiary/aromatic N) is 1. The van der Waals surface area contributed by atoms with Crippen molar-refractivity contribution in [2.75, 3.05) is 6.61 Å². The fourth-order valence-corrected chi connectivity index (χ4v) is 0.821. The van der Waals surface area contributed by atoms with Crippen LogP contribution in [0.5, 0.6) is 0 Å². The van der Waals surface area contributed by atoms with Gasteiger partial charge < -0.3 is 5.11 Å². The van der Waals surface area contributed by atoms with Crippen molar-refractivity contribution in [2.45, 2.75) is 6.42 Å². The predicted molar refractivity (Wildman–Crippen MR) is 44.9 cm³/mol. The molecular formula is C9H9F2NO. The first-order valence-corrected chi connectivity index (χ1v) is 3.82. The molecule has 0 amide bonds. The monoisotopic (exact) mass is 185 g/mol. The number of halogens is 2. The van der Waals surface area contributed by atoms with E-state index in [0.29, 0.717) is 12.0 Å². The lowest BCUT2D eigenvalue weighted by Crippen LogP contribution is -1.89. The van der Waals surface area contributed by atoms with Gasteiger partial charge in [0.15, 0.2) is 5.82 Å². The van der Waals surface area contributed by atoms with E-state index in [1.807, 2.05) is 0 Å². The van der Waals surface area contributed by atoms with Crippen LogP contribution >= 0.6 is 0 Å². The molecule has 0 bridgehead atoms. The van der Waals surface area contributed by atoms with Crippen molar-refractivity contribution in [1.29, 1.82) is 0 Å². The Hall–Kier alpha value is -1.29. The molecule has 1 aromatic heterocycles. The summed E-state index contributed by atoms with van der Waals surface area (Å²) < 4.78 is 24.9. The molecule has 0 fully saturated rings. The first-order chi connectivity index (χ1) is 6.24. The number of aliphatic hydroxyl groups is 1. The minimum Gasteiger partial charge on any atom is -0.396 e. The number of aromatic nitrogens is 1. The number of rotatable bonds is 3. The van der Waals surface area contributed by atoms with Crippen LogP contribution in [0.1, 0.15) is 12.0 Å². The van der Waals surface area contributed by atoms with Crippen LogP contribution in [0.3, 0.4) is 0 Å². The Morgan fingerprint density at radius 3 is 2.85 bits per heavy atom. The molecule has 1 aromatic rings. The lowest BCUT2D eigenvalue weighted by molar-refractivity contribution is 0.303. The first-order valence-electron chi connectivity index (χ1n) is 3.82. The highest BCUT2D eigenvalue weighted by Gasteiger charge is 2.00. The number of pyridine rings is 1. The van der Waals surface area contributed by atoms with E-state index in [9.17, 15) is 8.78 Å². The molecule has 0 saturated carbocycles. The number of hydrogen-bond donors (Lipinski definition) is 1. The second kappa shape index (κ2) is 4.67. The molecule has 0 aliphatic carbocycles. The lowest BCUT2D eigenvalue weighted by atomic mass is 10.2. The highest BCUT2D eigenvalue weighted by molar-refractivity contribution is 5.47. The van der Waals surface area contributed by atoms with Crippen LogP contribution in [0.4, 0.5) is 8.78 Å². The molecule has 0 atom stereocenters. The summed E-state index contributed by atoms with van der Waals surface area (Å²) in [5, 5.41) is 8.44. The summed E-state index contributed by atoms with van der Waals surface area (Å²) in [5.74, 6) is -2.06. The van der Waals surface area contributed by atoms with Crippen molar-refractivity contribution in [3.8, 4) is 0 Å². The van der Waals surface area contributed by atoms with Crippen LogP contribution < -0.4 is 0 Å². The molecule has 4 heteroatoms. The quantitative estimate of drug-likeness (QED) is 0.728. The van der Waals surface area contributed by atoms with Crippen molar-refractivity contribution in [3.63, 3.8) is 0 Å². The van der Waals surface area contributed by atoms with E-state index in [1.165, 1.54) is 6.20 Å². The summed E-state index contributed by atoms with van der Waals surface area (Å²) in [6.07, 6.45) is 4.95. The number of hydrogen-bond acceptors (Lipinski definition) is 2. The molecule has 70 valence electrons. The highest BCUT2D eigenvalue weighted by Crippen LogP contribution is 2.07. The smallest absolute Gasteiger partial charge is 0.248 e. The van der Waals surface area contributed by atoms with Gasteiger partial charge in [-0.15, -0.1) is 0 Å². The van der Waals surface area contributed by atoms with Crippen LogP contribution in [-0.2, 0) is 0 Å². The average Bonchev–Trinajstić information content (AvgIpc) is 2.12. The summed E-state index contributed by atoms with van der Waals surface area (Å²) in [6, 6.07) is 1.05.